The molecule has 1 heterocycles. The monoisotopic (exact) mass is 430 g/mol. The summed E-state index contributed by atoms with van der Waals surface area (Å²) in [7, 11) is 0. The van der Waals surface area contributed by atoms with Gasteiger partial charge < -0.3 is 0 Å². The van der Waals surface area contributed by atoms with Gasteiger partial charge in [0.1, 0.15) is 0 Å². The molecule has 0 bridgehead atoms. The maximum atomic E-state index is 12.5. The molecular weight excluding hydrogens is 422 g/mol. The highest BCUT2D eigenvalue weighted by Gasteiger charge is 2.09. The molecule has 0 atom stereocenters. The second-order valence-electron chi connectivity index (χ2n) is 4.54. The molecule has 6 heteroatoms. The fraction of sp³-hybridized carbons (Fsp3) is 0.0667. The van der Waals surface area contributed by atoms with Gasteiger partial charge in [-0.05, 0) is 52.9 Å². The fourth-order valence-electron chi connectivity index (χ4n) is 2.10. The molecule has 0 fully saturated rings. The third-order valence-electron chi connectivity index (χ3n) is 3.18. The van der Waals surface area contributed by atoms with Crippen LogP contribution in [0.1, 0.15) is 5.56 Å². The van der Waals surface area contributed by atoms with E-state index in [2.05, 4.69) is 27.6 Å². The van der Waals surface area contributed by atoms with E-state index >= 15 is 0 Å². The molecule has 0 aliphatic rings. The Morgan fingerprint density at radius 3 is 2.57 bits per heavy atom. The summed E-state index contributed by atoms with van der Waals surface area (Å²) in [6, 6.07) is 10.9. The highest BCUT2D eigenvalue weighted by molar-refractivity contribution is 14.1. The lowest BCUT2D eigenvalue weighted by Crippen LogP contribution is -2.21. The second kappa shape index (κ2) is 5.94. The molecule has 21 heavy (non-hydrogen) atoms. The van der Waals surface area contributed by atoms with Gasteiger partial charge in [-0.1, -0.05) is 29.3 Å². The topological polar surface area (TPSA) is 34.9 Å². The zero-order valence-electron chi connectivity index (χ0n) is 10.7. The van der Waals surface area contributed by atoms with Crippen molar-refractivity contribution in [1.29, 1.82) is 0 Å². The minimum atomic E-state index is -0.102. The first-order valence-electron chi connectivity index (χ1n) is 6.14. The van der Waals surface area contributed by atoms with Crippen LogP contribution in [0.2, 0.25) is 10.0 Å². The van der Waals surface area contributed by atoms with Gasteiger partial charge in [0.25, 0.3) is 5.56 Å². The average Bonchev–Trinajstić information content (AvgIpc) is 2.46. The highest BCUT2D eigenvalue weighted by Crippen LogP contribution is 2.24. The predicted octanol–water partition coefficient (Wildman–Crippen LogP) is 4.36. The van der Waals surface area contributed by atoms with Gasteiger partial charge in [-0.3, -0.25) is 9.36 Å². The largest absolute Gasteiger partial charge is 0.294 e. The normalized spacial score (nSPS) is 11.0. The first-order valence-corrected chi connectivity index (χ1v) is 7.97. The summed E-state index contributed by atoms with van der Waals surface area (Å²) in [6.45, 7) is 0.297. The molecule has 2 aromatic carbocycles. The Labute approximate surface area is 144 Å². The molecule has 0 radical (unpaired) electrons. The molecular formula is C15H9Cl2IN2O. The van der Waals surface area contributed by atoms with Crippen LogP contribution in [-0.2, 0) is 6.54 Å². The predicted molar refractivity (Wildman–Crippen MR) is 94.3 cm³/mol. The summed E-state index contributed by atoms with van der Waals surface area (Å²) in [5.41, 5.74) is 1.30. The average molecular weight is 431 g/mol. The number of aromatic nitrogens is 2. The van der Waals surface area contributed by atoms with E-state index in [9.17, 15) is 4.79 Å². The van der Waals surface area contributed by atoms with Crippen molar-refractivity contribution in [2.75, 3.05) is 0 Å². The van der Waals surface area contributed by atoms with Crippen LogP contribution in [0.5, 0.6) is 0 Å². The minimum absolute atomic E-state index is 0.102. The number of halogens is 3. The lowest BCUT2D eigenvalue weighted by molar-refractivity contribution is 0.748. The molecule has 106 valence electrons. The molecule has 0 amide bonds. The molecule has 0 saturated carbocycles. The standard InChI is InChI=1S/C15H9Cl2IN2O/c16-12-2-1-3-13(17)11(12)7-20-8-19-14-5-4-9(18)6-10(14)15(20)21/h1-6,8H,7H2. The van der Waals surface area contributed by atoms with E-state index in [4.69, 9.17) is 23.2 Å². The van der Waals surface area contributed by atoms with Crippen LogP contribution in [0.3, 0.4) is 0 Å². The van der Waals surface area contributed by atoms with E-state index in [1.807, 2.05) is 18.2 Å². The molecule has 3 rings (SSSR count). The van der Waals surface area contributed by atoms with Crippen molar-refractivity contribution in [2.24, 2.45) is 0 Å². The van der Waals surface area contributed by atoms with Crippen molar-refractivity contribution in [3.8, 4) is 0 Å². The SMILES string of the molecule is O=c1c2cc(I)ccc2ncn1Cc1c(Cl)cccc1Cl. The zero-order valence-corrected chi connectivity index (χ0v) is 14.4. The Morgan fingerprint density at radius 1 is 1.14 bits per heavy atom. The first-order chi connectivity index (χ1) is 10.1. The van der Waals surface area contributed by atoms with Gasteiger partial charge in [0.2, 0.25) is 0 Å². The Balaban J connectivity index is 2.14. The highest BCUT2D eigenvalue weighted by atomic mass is 127. The van der Waals surface area contributed by atoms with E-state index in [1.54, 1.807) is 18.2 Å². The second-order valence-corrected chi connectivity index (χ2v) is 6.60. The summed E-state index contributed by atoms with van der Waals surface area (Å²) in [5, 5.41) is 1.67. The Hall–Kier alpha value is -1.11. The van der Waals surface area contributed by atoms with Crippen molar-refractivity contribution in [3.05, 3.63) is 72.3 Å². The fourth-order valence-corrected chi connectivity index (χ4v) is 3.11. The molecule has 0 saturated heterocycles. The Kier molecular flexibility index (Phi) is 4.19. The van der Waals surface area contributed by atoms with E-state index in [0.29, 0.717) is 27.5 Å². The molecule has 0 aliphatic carbocycles. The van der Waals surface area contributed by atoms with Crippen molar-refractivity contribution < 1.29 is 0 Å². The van der Waals surface area contributed by atoms with Crippen LogP contribution < -0.4 is 5.56 Å². The minimum Gasteiger partial charge on any atom is -0.294 e. The molecule has 0 N–H and O–H groups in total. The van der Waals surface area contributed by atoms with E-state index in [1.165, 1.54) is 10.9 Å². The number of hydrogen-bond acceptors (Lipinski definition) is 2. The number of benzene rings is 2. The van der Waals surface area contributed by atoms with Crippen molar-refractivity contribution in [1.82, 2.24) is 9.55 Å². The number of rotatable bonds is 2. The number of fused-ring (bicyclic) bond motifs is 1. The van der Waals surface area contributed by atoms with E-state index < -0.39 is 0 Å². The molecule has 3 nitrogen and oxygen atoms in total. The Bertz CT molecular complexity index is 872. The molecule has 1 aromatic heterocycles. The van der Waals surface area contributed by atoms with Crippen molar-refractivity contribution >= 4 is 56.7 Å². The van der Waals surface area contributed by atoms with Crippen LogP contribution in [-0.4, -0.2) is 9.55 Å². The maximum Gasteiger partial charge on any atom is 0.261 e. The van der Waals surface area contributed by atoms with E-state index in [-0.39, 0.29) is 5.56 Å². The van der Waals surface area contributed by atoms with Crippen LogP contribution in [0.25, 0.3) is 10.9 Å². The van der Waals surface area contributed by atoms with Crippen molar-refractivity contribution in [2.45, 2.75) is 6.54 Å². The summed E-state index contributed by atoms with van der Waals surface area (Å²) >= 11 is 14.5. The van der Waals surface area contributed by atoms with Gasteiger partial charge in [0.15, 0.2) is 0 Å². The van der Waals surface area contributed by atoms with Crippen molar-refractivity contribution in [3.63, 3.8) is 0 Å². The van der Waals surface area contributed by atoms with Gasteiger partial charge in [-0.25, -0.2) is 4.98 Å². The van der Waals surface area contributed by atoms with Gasteiger partial charge >= 0.3 is 0 Å². The van der Waals surface area contributed by atoms with Crippen LogP contribution in [0.4, 0.5) is 0 Å². The summed E-state index contributed by atoms with van der Waals surface area (Å²) < 4.78 is 2.51. The van der Waals surface area contributed by atoms with Crippen LogP contribution in [0.15, 0.2) is 47.5 Å². The van der Waals surface area contributed by atoms with Gasteiger partial charge in [0, 0.05) is 19.2 Å². The third-order valence-corrected chi connectivity index (χ3v) is 4.56. The lowest BCUT2D eigenvalue weighted by Gasteiger charge is -2.10. The number of hydrogen-bond donors (Lipinski definition) is 0. The summed E-state index contributed by atoms with van der Waals surface area (Å²) in [4.78, 5) is 16.9. The maximum absolute atomic E-state index is 12.5. The number of nitrogens with zero attached hydrogens (tertiary/aromatic N) is 2. The van der Waals surface area contributed by atoms with Crippen LogP contribution >= 0.6 is 45.8 Å². The Morgan fingerprint density at radius 2 is 1.86 bits per heavy atom. The van der Waals surface area contributed by atoms with Gasteiger partial charge in [0.05, 0.1) is 23.8 Å². The molecule has 0 aliphatic heterocycles. The van der Waals surface area contributed by atoms with Gasteiger partial charge in [-0.15, -0.1) is 0 Å². The zero-order chi connectivity index (χ0) is 15.0. The smallest absolute Gasteiger partial charge is 0.261 e. The lowest BCUT2D eigenvalue weighted by atomic mass is 10.2. The van der Waals surface area contributed by atoms with E-state index in [0.717, 1.165) is 9.13 Å². The summed E-state index contributed by atoms with van der Waals surface area (Å²) in [6.07, 6.45) is 1.52. The van der Waals surface area contributed by atoms with Crippen LogP contribution in [0, 0.1) is 3.57 Å². The molecule has 0 unspecified atom stereocenters. The first kappa shape index (κ1) is 14.8. The summed E-state index contributed by atoms with van der Waals surface area (Å²) in [5.74, 6) is 0. The molecule has 3 aromatic rings. The van der Waals surface area contributed by atoms with Gasteiger partial charge in [-0.2, -0.15) is 0 Å². The molecule has 0 spiro atoms. The third kappa shape index (κ3) is 2.93. The quantitative estimate of drug-likeness (QED) is 0.566.